The highest BCUT2D eigenvalue weighted by molar-refractivity contribution is 9.10. The molecule has 1 heterocycles. The van der Waals surface area contributed by atoms with E-state index in [2.05, 4.69) is 15.9 Å². The number of halogens is 1. The monoisotopic (exact) mass is 471 g/mol. The molecular formula is C24H26BrNO4. The number of aromatic nitrogens is 1. The highest BCUT2D eigenvalue weighted by atomic mass is 79.9. The maximum atomic E-state index is 13.2. The Hall–Kier alpha value is -2.44. The molecule has 1 atom stereocenters. The van der Waals surface area contributed by atoms with E-state index < -0.39 is 17.7 Å². The van der Waals surface area contributed by atoms with Crippen LogP contribution >= 0.6 is 15.9 Å². The first-order valence-electron chi connectivity index (χ1n) is 9.71. The number of carbonyl (C=O) groups is 1. The molecule has 1 unspecified atom stereocenters. The number of nitrogens with zero attached hydrogens (tertiary/aromatic N) is 1. The van der Waals surface area contributed by atoms with E-state index in [0.717, 1.165) is 21.2 Å². The Labute approximate surface area is 184 Å². The molecule has 0 saturated heterocycles. The lowest BCUT2D eigenvalue weighted by atomic mass is 9.92. The minimum atomic E-state index is -1.30. The van der Waals surface area contributed by atoms with Crippen LogP contribution in [0.4, 0.5) is 0 Å². The van der Waals surface area contributed by atoms with E-state index in [1.807, 2.05) is 44.2 Å². The summed E-state index contributed by atoms with van der Waals surface area (Å²) in [5, 5.41) is 11.3. The Morgan fingerprint density at radius 3 is 2.30 bits per heavy atom. The van der Waals surface area contributed by atoms with Crippen LogP contribution in [-0.4, -0.2) is 21.2 Å². The molecule has 0 aliphatic carbocycles. The lowest BCUT2D eigenvalue weighted by molar-refractivity contribution is -0.161. The van der Waals surface area contributed by atoms with E-state index in [1.54, 1.807) is 33.9 Å². The van der Waals surface area contributed by atoms with Gasteiger partial charge >= 0.3 is 5.97 Å². The van der Waals surface area contributed by atoms with E-state index in [-0.39, 0.29) is 5.56 Å². The van der Waals surface area contributed by atoms with E-state index in [0.29, 0.717) is 22.0 Å². The maximum Gasteiger partial charge on any atom is 0.339 e. The molecule has 158 valence electrons. The summed E-state index contributed by atoms with van der Waals surface area (Å²) >= 11 is 3.44. The fourth-order valence-electron chi connectivity index (χ4n) is 3.59. The third-order valence-corrected chi connectivity index (χ3v) is 5.64. The van der Waals surface area contributed by atoms with Gasteiger partial charge in [-0.25, -0.2) is 4.79 Å². The van der Waals surface area contributed by atoms with Crippen molar-refractivity contribution in [3.8, 4) is 11.1 Å². The lowest BCUT2D eigenvalue weighted by Gasteiger charge is -2.28. The van der Waals surface area contributed by atoms with Crippen molar-refractivity contribution in [2.45, 2.75) is 46.3 Å². The zero-order valence-electron chi connectivity index (χ0n) is 18.0. The van der Waals surface area contributed by atoms with Crippen molar-refractivity contribution in [2.75, 3.05) is 0 Å². The molecule has 0 fully saturated rings. The van der Waals surface area contributed by atoms with Gasteiger partial charge in [0.2, 0.25) is 0 Å². The number of carboxylic acid groups (broad SMARTS) is 1. The first kappa shape index (κ1) is 22.2. The number of rotatable bonds is 4. The highest BCUT2D eigenvalue weighted by Crippen LogP contribution is 2.38. The lowest BCUT2D eigenvalue weighted by Crippen LogP contribution is -2.33. The molecule has 1 aromatic heterocycles. The van der Waals surface area contributed by atoms with Gasteiger partial charge in [-0.05, 0) is 68.8 Å². The van der Waals surface area contributed by atoms with Crippen LogP contribution in [0.2, 0.25) is 0 Å². The van der Waals surface area contributed by atoms with Crippen molar-refractivity contribution < 1.29 is 14.6 Å². The quantitative estimate of drug-likeness (QED) is 0.543. The molecule has 5 nitrogen and oxygen atoms in total. The van der Waals surface area contributed by atoms with Crippen LogP contribution in [0.5, 0.6) is 0 Å². The van der Waals surface area contributed by atoms with Gasteiger partial charge in [0.15, 0.2) is 6.10 Å². The summed E-state index contributed by atoms with van der Waals surface area (Å²) in [5.41, 5.74) is 3.12. The van der Waals surface area contributed by atoms with Crippen LogP contribution in [0.25, 0.3) is 21.9 Å². The van der Waals surface area contributed by atoms with Gasteiger partial charge in [0, 0.05) is 22.5 Å². The zero-order chi connectivity index (χ0) is 22.4. The van der Waals surface area contributed by atoms with Gasteiger partial charge < -0.3 is 14.4 Å². The number of carboxylic acids is 1. The number of aryl methyl sites for hydroxylation is 2. The molecule has 0 spiro atoms. The van der Waals surface area contributed by atoms with Gasteiger partial charge in [-0.15, -0.1) is 0 Å². The smallest absolute Gasteiger partial charge is 0.339 e. The Bertz CT molecular complexity index is 1200. The molecule has 3 rings (SSSR count). The summed E-state index contributed by atoms with van der Waals surface area (Å²) in [4.78, 5) is 25.5. The molecule has 1 N–H and O–H groups in total. The number of hydrogen-bond donors (Lipinski definition) is 1. The molecular weight excluding hydrogens is 446 g/mol. The van der Waals surface area contributed by atoms with Gasteiger partial charge in [-0.3, -0.25) is 4.79 Å². The molecule has 3 aromatic rings. The van der Waals surface area contributed by atoms with Crippen molar-refractivity contribution in [1.82, 2.24) is 4.57 Å². The standard InChI is InChI=1S/C24H26BrNO4/c1-13-7-8-15(11-14(13)2)19-17-10-9-16(25)12-18(17)22(27)26(6)20(19)21(23(28)29)30-24(3,4)5/h7-12,21H,1-6H3,(H,28,29). The first-order chi connectivity index (χ1) is 13.9. The van der Waals surface area contributed by atoms with Gasteiger partial charge in [0.25, 0.3) is 5.56 Å². The minimum Gasteiger partial charge on any atom is -0.479 e. The topological polar surface area (TPSA) is 68.5 Å². The zero-order valence-corrected chi connectivity index (χ0v) is 19.6. The summed E-state index contributed by atoms with van der Waals surface area (Å²) in [6.45, 7) is 9.44. The van der Waals surface area contributed by atoms with Crippen molar-refractivity contribution in [3.05, 3.63) is 68.0 Å². The van der Waals surface area contributed by atoms with Crippen molar-refractivity contribution in [1.29, 1.82) is 0 Å². The van der Waals surface area contributed by atoms with Gasteiger partial charge in [-0.1, -0.05) is 40.2 Å². The van der Waals surface area contributed by atoms with Crippen LogP contribution in [0.1, 0.15) is 43.7 Å². The second-order valence-electron chi connectivity index (χ2n) is 8.56. The summed E-state index contributed by atoms with van der Waals surface area (Å²) in [7, 11) is 1.60. The number of pyridine rings is 1. The molecule has 0 bridgehead atoms. The van der Waals surface area contributed by atoms with E-state index in [9.17, 15) is 14.7 Å². The number of aliphatic carboxylic acids is 1. The SMILES string of the molecule is Cc1ccc(-c2c(C(OC(C)(C)C)C(=O)O)n(C)c(=O)c3cc(Br)ccc23)cc1C. The number of hydrogen-bond acceptors (Lipinski definition) is 3. The van der Waals surface area contributed by atoms with Crippen molar-refractivity contribution >= 4 is 32.7 Å². The van der Waals surface area contributed by atoms with Gasteiger partial charge in [0.05, 0.1) is 11.3 Å². The normalized spacial score (nSPS) is 12.9. The predicted octanol–water partition coefficient (Wildman–Crippen LogP) is 5.53. The van der Waals surface area contributed by atoms with Gasteiger partial charge in [0.1, 0.15) is 0 Å². The average Bonchev–Trinajstić information content (AvgIpc) is 2.64. The van der Waals surface area contributed by atoms with E-state index in [1.165, 1.54) is 4.57 Å². The van der Waals surface area contributed by atoms with Gasteiger partial charge in [-0.2, -0.15) is 0 Å². The second-order valence-corrected chi connectivity index (χ2v) is 9.48. The summed E-state index contributed by atoms with van der Waals surface area (Å²) in [6, 6.07) is 11.5. The molecule has 0 aliphatic heterocycles. The third-order valence-electron chi connectivity index (χ3n) is 5.14. The average molecular weight is 472 g/mol. The highest BCUT2D eigenvalue weighted by Gasteiger charge is 2.33. The molecule has 0 aliphatic rings. The molecule has 0 radical (unpaired) electrons. The molecule has 0 amide bonds. The number of ether oxygens (including phenoxy) is 1. The largest absolute Gasteiger partial charge is 0.479 e. The third kappa shape index (κ3) is 4.20. The summed E-state index contributed by atoms with van der Waals surface area (Å²) in [6.07, 6.45) is -1.30. The molecule has 6 heteroatoms. The van der Waals surface area contributed by atoms with Crippen LogP contribution in [0, 0.1) is 13.8 Å². The maximum absolute atomic E-state index is 13.2. The molecule has 30 heavy (non-hydrogen) atoms. The fourth-order valence-corrected chi connectivity index (χ4v) is 3.95. The van der Waals surface area contributed by atoms with E-state index in [4.69, 9.17) is 4.74 Å². The Kier molecular flexibility index (Phi) is 5.94. The van der Waals surface area contributed by atoms with E-state index >= 15 is 0 Å². The van der Waals surface area contributed by atoms with Crippen LogP contribution in [0.15, 0.2) is 45.7 Å². The molecule has 2 aromatic carbocycles. The molecule has 0 saturated carbocycles. The van der Waals surface area contributed by atoms with Crippen molar-refractivity contribution in [3.63, 3.8) is 0 Å². The Morgan fingerprint density at radius 2 is 1.73 bits per heavy atom. The Morgan fingerprint density at radius 1 is 1.07 bits per heavy atom. The van der Waals surface area contributed by atoms with Crippen LogP contribution < -0.4 is 5.56 Å². The summed E-state index contributed by atoms with van der Waals surface area (Å²) < 4.78 is 8.13. The fraction of sp³-hybridized carbons (Fsp3) is 0.333. The second kappa shape index (κ2) is 8.00. The predicted molar refractivity (Wildman–Crippen MR) is 123 cm³/mol. The summed E-state index contributed by atoms with van der Waals surface area (Å²) in [5.74, 6) is -1.14. The van der Waals surface area contributed by atoms with Crippen LogP contribution in [-0.2, 0) is 16.6 Å². The Balaban J connectivity index is 2.50. The van der Waals surface area contributed by atoms with Crippen LogP contribution in [0.3, 0.4) is 0 Å². The first-order valence-corrected chi connectivity index (χ1v) is 10.5. The number of fused-ring (bicyclic) bond motifs is 1. The minimum absolute atomic E-state index is 0.266. The van der Waals surface area contributed by atoms with Crippen molar-refractivity contribution in [2.24, 2.45) is 7.05 Å². The number of benzene rings is 2.